The first-order valence-electron chi connectivity index (χ1n) is 5.65. The maximum Gasteiger partial charge on any atom is 0.0483 e. The fraction of sp³-hybridized carbons (Fsp3) is 0.385. The molecule has 1 N–H and O–H groups in total. The molecule has 0 saturated heterocycles. The summed E-state index contributed by atoms with van der Waals surface area (Å²) in [6, 6.07) is 11.0. The van der Waals surface area contributed by atoms with Gasteiger partial charge in [0.15, 0.2) is 0 Å². The Morgan fingerprint density at radius 3 is 3.00 bits per heavy atom. The first-order valence-corrected chi connectivity index (χ1v) is 5.65. The van der Waals surface area contributed by atoms with Crippen LogP contribution in [0.5, 0.6) is 0 Å². The summed E-state index contributed by atoms with van der Waals surface area (Å²) in [4.78, 5) is 0. The van der Waals surface area contributed by atoms with Gasteiger partial charge in [0.25, 0.3) is 0 Å². The second-order valence-corrected chi connectivity index (χ2v) is 4.38. The summed E-state index contributed by atoms with van der Waals surface area (Å²) in [7, 11) is 0. The van der Waals surface area contributed by atoms with E-state index in [4.69, 9.17) is 0 Å². The van der Waals surface area contributed by atoms with E-state index >= 15 is 0 Å². The van der Waals surface area contributed by atoms with Gasteiger partial charge in [-0.25, -0.2) is 0 Å². The molecule has 1 aliphatic rings. The number of rotatable bonds is 0. The second kappa shape index (κ2) is 4.48. The fourth-order valence-corrected chi connectivity index (χ4v) is 2.50. The van der Waals surface area contributed by atoms with Gasteiger partial charge < -0.3 is 9.88 Å². The molecule has 0 radical (unpaired) electrons. The van der Waals surface area contributed by atoms with E-state index < -0.39 is 0 Å². The monoisotopic (exact) mass is 236 g/mol. The SMILES string of the molecule is CC1CNCCn2c1cc1ccccc12.Cl. The van der Waals surface area contributed by atoms with E-state index in [1.165, 1.54) is 16.6 Å². The standard InChI is InChI=1S/C13H16N2.ClH/c1-10-9-14-6-7-15-12-5-3-2-4-11(12)8-13(10)15;/h2-5,8,10,14H,6-7,9H2,1H3;1H. The van der Waals surface area contributed by atoms with Crippen molar-refractivity contribution in [1.29, 1.82) is 0 Å². The Morgan fingerprint density at radius 1 is 1.31 bits per heavy atom. The number of halogens is 1. The minimum absolute atomic E-state index is 0. The van der Waals surface area contributed by atoms with E-state index in [1.807, 2.05) is 0 Å². The lowest BCUT2D eigenvalue weighted by molar-refractivity contribution is 0.636. The zero-order chi connectivity index (χ0) is 10.3. The lowest BCUT2D eigenvalue weighted by Crippen LogP contribution is -2.19. The van der Waals surface area contributed by atoms with Crippen LogP contribution in [0.25, 0.3) is 10.9 Å². The van der Waals surface area contributed by atoms with Gasteiger partial charge in [-0.15, -0.1) is 12.4 Å². The highest BCUT2D eigenvalue weighted by Crippen LogP contribution is 2.26. The van der Waals surface area contributed by atoms with Crippen molar-refractivity contribution >= 4 is 23.3 Å². The minimum atomic E-state index is 0. The highest BCUT2D eigenvalue weighted by Gasteiger charge is 2.16. The van der Waals surface area contributed by atoms with E-state index in [0.717, 1.165) is 19.6 Å². The average molecular weight is 237 g/mol. The zero-order valence-electron chi connectivity index (χ0n) is 9.44. The van der Waals surface area contributed by atoms with Gasteiger partial charge in [0, 0.05) is 36.8 Å². The Hall–Kier alpha value is -0.990. The third-order valence-corrected chi connectivity index (χ3v) is 3.31. The summed E-state index contributed by atoms with van der Waals surface area (Å²) in [5.74, 6) is 0.611. The van der Waals surface area contributed by atoms with Crippen molar-refractivity contribution in [2.75, 3.05) is 13.1 Å². The molecule has 86 valence electrons. The van der Waals surface area contributed by atoms with Crippen LogP contribution in [0.2, 0.25) is 0 Å². The summed E-state index contributed by atoms with van der Waals surface area (Å²) in [5.41, 5.74) is 2.85. The number of nitrogens with zero attached hydrogens (tertiary/aromatic N) is 1. The minimum Gasteiger partial charge on any atom is -0.343 e. The molecule has 0 spiro atoms. The third-order valence-electron chi connectivity index (χ3n) is 3.31. The molecule has 1 aromatic carbocycles. The van der Waals surface area contributed by atoms with Crippen LogP contribution in [-0.4, -0.2) is 17.7 Å². The number of para-hydroxylation sites is 1. The van der Waals surface area contributed by atoms with Gasteiger partial charge in [-0.05, 0) is 17.5 Å². The van der Waals surface area contributed by atoms with Crippen molar-refractivity contribution in [3.8, 4) is 0 Å². The van der Waals surface area contributed by atoms with Crippen molar-refractivity contribution in [2.24, 2.45) is 0 Å². The molecule has 3 heteroatoms. The predicted octanol–water partition coefficient (Wildman–Crippen LogP) is 2.77. The highest BCUT2D eigenvalue weighted by atomic mass is 35.5. The molecule has 0 saturated carbocycles. The first kappa shape index (κ1) is 11.5. The molecule has 1 aromatic heterocycles. The normalized spacial score (nSPS) is 19.9. The van der Waals surface area contributed by atoms with Gasteiger partial charge in [0.05, 0.1) is 0 Å². The highest BCUT2D eigenvalue weighted by molar-refractivity contribution is 5.85. The van der Waals surface area contributed by atoms with Crippen molar-refractivity contribution in [3.05, 3.63) is 36.0 Å². The summed E-state index contributed by atoms with van der Waals surface area (Å²) in [6.07, 6.45) is 0. The van der Waals surface area contributed by atoms with E-state index in [-0.39, 0.29) is 12.4 Å². The molecule has 0 bridgehead atoms. The molecule has 0 aliphatic carbocycles. The number of aromatic nitrogens is 1. The lowest BCUT2D eigenvalue weighted by Gasteiger charge is -2.09. The summed E-state index contributed by atoms with van der Waals surface area (Å²) < 4.78 is 2.46. The topological polar surface area (TPSA) is 17.0 Å². The molecule has 0 fully saturated rings. The average Bonchev–Trinajstić information content (AvgIpc) is 2.54. The molecule has 2 aromatic rings. The van der Waals surface area contributed by atoms with Crippen LogP contribution in [0, 0.1) is 0 Å². The van der Waals surface area contributed by atoms with E-state index in [1.54, 1.807) is 0 Å². The van der Waals surface area contributed by atoms with Crippen LogP contribution in [-0.2, 0) is 6.54 Å². The van der Waals surface area contributed by atoms with Gasteiger partial charge in [-0.3, -0.25) is 0 Å². The number of fused-ring (bicyclic) bond motifs is 3. The lowest BCUT2D eigenvalue weighted by atomic mass is 10.1. The Balaban J connectivity index is 0.000000963. The van der Waals surface area contributed by atoms with Gasteiger partial charge in [0.1, 0.15) is 0 Å². The van der Waals surface area contributed by atoms with Crippen LogP contribution in [0.1, 0.15) is 18.5 Å². The van der Waals surface area contributed by atoms with Crippen LogP contribution in [0.4, 0.5) is 0 Å². The molecule has 1 atom stereocenters. The first-order chi connectivity index (χ1) is 7.36. The molecular formula is C13H17ClN2. The Labute approximate surface area is 102 Å². The molecule has 16 heavy (non-hydrogen) atoms. The molecule has 2 heterocycles. The molecular weight excluding hydrogens is 220 g/mol. The Morgan fingerprint density at radius 2 is 2.12 bits per heavy atom. The third kappa shape index (κ3) is 1.72. The molecule has 3 rings (SSSR count). The van der Waals surface area contributed by atoms with Crippen LogP contribution >= 0.6 is 12.4 Å². The smallest absolute Gasteiger partial charge is 0.0483 e. The number of hydrogen-bond donors (Lipinski definition) is 1. The Bertz CT molecular complexity index is 490. The summed E-state index contributed by atoms with van der Waals surface area (Å²) in [5, 5.41) is 4.85. The van der Waals surface area contributed by atoms with Crippen molar-refractivity contribution in [1.82, 2.24) is 9.88 Å². The van der Waals surface area contributed by atoms with Gasteiger partial charge in [-0.1, -0.05) is 25.1 Å². The molecule has 0 amide bonds. The van der Waals surface area contributed by atoms with Crippen molar-refractivity contribution < 1.29 is 0 Å². The van der Waals surface area contributed by atoms with Crippen LogP contribution in [0.15, 0.2) is 30.3 Å². The molecule has 1 unspecified atom stereocenters. The van der Waals surface area contributed by atoms with Gasteiger partial charge >= 0.3 is 0 Å². The second-order valence-electron chi connectivity index (χ2n) is 4.38. The number of nitrogens with one attached hydrogen (secondary N) is 1. The Kier molecular flexibility index (Phi) is 3.22. The fourth-order valence-electron chi connectivity index (χ4n) is 2.50. The quantitative estimate of drug-likeness (QED) is 0.745. The molecule has 2 nitrogen and oxygen atoms in total. The summed E-state index contributed by atoms with van der Waals surface area (Å²) >= 11 is 0. The van der Waals surface area contributed by atoms with Gasteiger partial charge in [-0.2, -0.15) is 0 Å². The van der Waals surface area contributed by atoms with Crippen molar-refractivity contribution in [2.45, 2.75) is 19.4 Å². The van der Waals surface area contributed by atoms with E-state index in [2.05, 4.69) is 47.1 Å². The zero-order valence-corrected chi connectivity index (χ0v) is 10.3. The number of hydrogen-bond acceptors (Lipinski definition) is 1. The molecule has 1 aliphatic heterocycles. The largest absolute Gasteiger partial charge is 0.343 e. The van der Waals surface area contributed by atoms with Gasteiger partial charge in [0.2, 0.25) is 0 Å². The predicted molar refractivity (Wildman–Crippen MR) is 70.5 cm³/mol. The van der Waals surface area contributed by atoms with Crippen LogP contribution in [0.3, 0.4) is 0 Å². The maximum atomic E-state index is 3.47. The summed E-state index contributed by atoms with van der Waals surface area (Å²) in [6.45, 7) is 5.56. The van der Waals surface area contributed by atoms with Crippen LogP contribution < -0.4 is 5.32 Å². The van der Waals surface area contributed by atoms with E-state index in [0.29, 0.717) is 5.92 Å². The number of benzene rings is 1. The van der Waals surface area contributed by atoms with E-state index in [9.17, 15) is 0 Å². The maximum absolute atomic E-state index is 3.47. The van der Waals surface area contributed by atoms with Crippen molar-refractivity contribution in [3.63, 3.8) is 0 Å².